The summed E-state index contributed by atoms with van der Waals surface area (Å²) in [5.41, 5.74) is 0.342. The molecule has 1 spiro atoms. The maximum Gasteiger partial charge on any atom is 0.330 e. The second-order valence-corrected chi connectivity index (χ2v) is 11.8. The van der Waals surface area contributed by atoms with Gasteiger partial charge >= 0.3 is 5.97 Å². The zero-order valence-electron chi connectivity index (χ0n) is 16.9. The molecule has 28 heavy (non-hydrogen) atoms. The number of hydrogen-bond acceptors (Lipinski definition) is 7. The normalized spacial score (nSPS) is 24.9. The maximum absolute atomic E-state index is 12.2. The Balaban J connectivity index is 2.22. The van der Waals surface area contributed by atoms with E-state index in [1.54, 1.807) is 0 Å². The summed E-state index contributed by atoms with van der Waals surface area (Å²) in [6, 6.07) is 2.71. The number of carbonyl (C=O) groups is 1. The molecule has 2 aliphatic rings. The van der Waals surface area contributed by atoms with Crippen LogP contribution in [0.25, 0.3) is 5.57 Å². The van der Waals surface area contributed by atoms with E-state index in [9.17, 15) is 4.79 Å². The monoisotopic (exact) mass is 405 g/mol. The van der Waals surface area contributed by atoms with Crippen molar-refractivity contribution in [1.29, 1.82) is 0 Å². The average Bonchev–Trinajstić information content (AvgIpc) is 3.39. The van der Waals surface area contributed by atoms with Crippen LogP contribution < -0.4 is 0 Å². The van der Waals surface area contributed by atoms with Crippen molar-refractivity contribution in [3.8, 4) is 12.3 Å². The second kappa shape index (κ2) is 7.83. The Morgan fingerprint density at radius 3 is 2.50 bits per heavy atom. The van der Waals surface area contributed by atoms with Crippen LogP contribution >= 0.6 is 0 Å². The minimum Gasteiger partial charge on any atom is -0.466 e. The van der Waals surface area contributed by atoms with Crippen LogP contribution in [0.5, 0.6) is 0 Å². The summed E-state index contributed by atoms with van der Waals surface area (Å²) in [7, 11) is -0.845. The van der Waals surface area contributed by atoms with Gasteiger partial charge in [0.2, 0.25) is 5.79 Å². The van der Waals surface area contributed by atoms with Gasteiger partial charge in [0.25, 0.3) is 0 Å². The molecule has 0 radical (unpaired) electrons. The van der Waals surface area contributed by atoms with Gasteiger partial charge in [0.15, 0.2) is 14.0 Å². The molecule has 3 rings (SSSR count). The van der Waals surface area contributed by atoms with Crippen LogP contribution in [0.4, 0.5) is 0 Å². The van der Waals surface area contributed by atoms with E-state index in [0.29, 0.717) is 30.0 Å². The van der Waals surface area contributed by atoms with Crippen molar-refractivity contribution >= 4 is 19.9 Å². The highest BCUT2D eigenvalue weighted by atomic mass is 28.4. The fraction of sp³-hybridized carbons (Fsp3) is 0.600. The minimum atomic E-state index is -2.17. The molecule has 0 aromatic carbocycles. The quantitative estimate of drug-likeness (QED) is 0.311. The number of terminal acetylenes is 1. The largest absolute Gasteiger partial charge is 0.466 e. The van der Waals surface area contributed by atoms with Crippen LogP contribution in [0.2, 0.25) is 18.1 Å². The van der Waals surface area contributed by atoms with E-state index in [4.69, 9.17) is 29.6 Å². The van der Waals surface area contributed by atoms with E-state index in [0.717, 1.165) is 18.1 Å². The van der Waals surface area contributed by atoms with Crippen molar-refractivity contribution in [2.75, 3.05) is 20.3 Å². The molecule has 0 N–H and O–H groups in total. The minimum absolute atomic E-state index is 0.202. The molecule has 1 atom stereocenters. The van der Waals surface area contributed by atoms with E-state index < -0.39 is 25.7 Å². The number of methoxy groups -OCH3 is 1. The molecule has 1 saturated heterocycles. The molecule has 0 bridgehead atoms. The zero-order valence-corrected chi connectivity index (χ0v) is 17.9. The standard InChI is InChI=1S/C20H27NO6Si/c1-6-19(27-28(7-2,8-3)9-4)14-20(24-10-11-25-20)18-15(13-26-21-18)16(19)12-17(22)23-5/h1,12-13H,7-11,14H2,2-5H3/b16-12+/t19-/m0/s1. The molecule has 1 aliphatic heterocycles. The van der Waals surface area contributed by atoms with Gasteiger partial charge in [0, 0.05) is 11.6 Å². The van der Waals surface area contributed by atoms with E-state index in [-0.39, 0.29) is 6.42 Å². The smallest absolute Gasteiger partial charge is 0.330 e. The van der Waals surface area contributed by atoms with Crippen LogP contribution in [0.3, 0.4) is 0 Å². The number of carbonyl (C=O) groups excluding carboxylic acids is 1. The molecular weight excluding hydrogens is 378 g/mol. The third kappa shape index (κ3) is 3.22. The first-order valence-electron chi connectivity index (χ1n) is 9.65. The summed E-state index contributed by atoms with van der Waals surface area (Å²) < 4.78 is 28.9. The second-order valence-electron chi connectivity index (χ2n) is 7.10. The van der Waals surface area contributed by atoms with Crippen LogP contribution in [0.15, 0.2) is 16.9 Å². The summed E-state index contributed by atoms with van der Waals surface area (Å²) in [5.74, 6) is 1.18. The Bertz CT molecular complexity index is 792. The van der Waals surface area contributed by atoms with Gasteiger partial charge in [-0.15, -0.1) is 6.42 Å². The van der Waals surface area contributed by atoms with Crippen molar-refractivity contribution in [2.24, 2.45) is 0 Å². The van der Waals surface area contributed by atoms with Crippen molar-refractivity contribution in [2.45, 2.75) is 56.7 Å². The Hall–Kier alpha value is -1.92. The van der Waals surface area contributed by atoms with Crippen molar-refractivity contribution in [1.82, 2.24) is 5.16 Å². The van der Waals surface area contributed by atoms with Gasteiger partial charge in [0.05, 0.1) is 32.3 Å². The highest BCUT2D eigenvalue weighted by Crippen LogP contribution is 2.53. The topological polar surface area (TPSA) is 80.0 Å². The molecule has 8 heteroatoms. The molecule has 1 aliphatic carbocycles. The lowest BCUT2D eigenvalue weighted by Crippen LogP contribution is -2.53. The molecule has 0 amide bonds. The average molecular weight is 406 g/mol. The van der Waals surface area contributed by atoms with Crippen molar-refractivity contribution < 1.29 is 28.0 Å². The molecule has 1 fully saturated rings. The van der Waals surface area contributed by atoms with Crippen LogP contribution in [0.1, 0.15) is 38.4 Å². The molecular formula is C20H27NO6Si. The molecule has 152 valence electrons. The number of nitrogens with zero attached hydrogens (tertiary/aromatic N) is 1. The first-order chi connectivity index (χ1) is 13.4. The first-order valence-corrected chi connectivity index (χ1v) is 12.2. The third-order valence-corrected chi connectivity index (χ3v) is 10.6. The van der Waals surface area contributed by atoms with Gasteiger partial charge in [-0.2, -0.15) is 0 Å². The zero-order chi connectivity index (χ0) is 20.4. The first kappa shape index (κ1) is 20.8. The van der Waals surface area contributed by atoms with Crippen LogP contribution in [-0.2, 0) is 29.2 Å². The SMILES string of the molecule is C#C[C@]1(O[Si](CC)(CC)CC)CC2(OCCO2)c2nocc2/C1=C\C(=O)OC. The van der Waals surface area contributed by atoms with Crippen LogP contribution in [-0.4, -0.2) is 45.4 Å². The van der Waals surface area contributed by atoms with E-state index >= 15 is 0 Å². The highest BCUT2D eigenvalue weighted by molar-refractivity contribution is 6.73. The van der Waals surface area contributed by atoms with E-state index in [2.05, 4.69) is 31.8 Å². The predicted octanol–water partition coefficient (Wildman–Crippen LogP) is 3.23. The maximum atomic E-state index is 12.2. The summed E-state index contributed by atoms with van der Waals surface area (Å²) >= 11 is 0. The number of aromatic nitrogens is 1. The summed E-state index contributed by atoms with van der Waals surface area (Å²) in [6.45, 7) is 7.21. The fourth-order valence-corrected chi connectivity index (χ4v) is 6.99. The third-order valence-electron chi connectivity index (χ3n) is 5.91. The number of esters is 1. The predicted molar refractivity (Wildman–Crippen MR) is 105 cm³/mol. The molecule has 2 heterocycles. The molecule has 0 saturated carbocycles. The summed E-state index contributed by atoms with van der Waals surface area (Å²) in [6.07, 6.45) is 9.12. The molecule has 0 unspecified atom stereocenters. The van der Waals surface area contributed by atoms with Gasteiger partial charge in [-0.1, -0.05) is 31.8 Å². The van der Waals surface area contributed by atoms with Crippen molar-refractivity contribution in [3.05, 3.63) is 23.6 Å². The molecule has 1 aromatic heterocycles. The van der Waals surface area contributed by atoms with Gasteiger partial charge in [-0.25, -0.2) is 4.79 Å². The molecule has 7 nitrogen and oxygen atoms in total. The Kier molecular flexibility index (Phi) is 5.82. The lowest BCUT2D eigenvalue weighted by Gasteiger charge is -2.46. The fourth-order valence-electron chi connectivity index (χ4n) is 4.08. The lowest BCUT2D eigenvalue weighted by molar-refractivity contribution is -0.193. The van der Waals surface area contributed by atoms with Crippen molar-refractivity contribution in [3.63, 3.8) is 0 Å². The van der Waals surface area contributed by atoms with Gasteiger partial charge in [0.1, 0.15) is 11.9 Å². The highest BCUT2D eigenvalue weighted by Gasteiger charge is 2.58. The Labute approximate surface area is 166 Å². The van der Waals surface area contributed by atoms with Gasteiger partial charge in [-0.05, 0) is 18.1 Å². The van der Waals surface area contributed by atoms with E-state index in [1.165, 1.54) is 19.4 Å². The number of ether oxygens (including phenoxy) is 3. The van der Waals surface area contributed by atoms with Gasteiger partial charge in [-0.3, -0.25) is 0 Å². The Morgan fingerprint density at radius 2 is 1.96 bits per heavy atom. The van der Waals surface area contributed by atoms with E-state index in [1.807, 2.05) is 0 Å². The molecule has 1 aromatic rings. The Morgan fingerprint density at radius 1 is 1.32 bits per heavy atom. The number of fused-ring (bicyclic) bond motifs is 2. The number of hydrogen-bond donors (Lipinski definition) is 0. The number of rotatable bonds is 6. The lowest BCUT2D eigenvalue weighted by atomic mass is 9.76. The van der Waals surface area contributed by atoms with Gasteiger partial charge < -0.3 is 23.2 Å². The summed E-state index contributed by atoms with van der Waals surface area (Å²) in [5, 5.41) is 4.10. The van der Waals surface area contributed by atoms with Crippen LogP contribution in [0, 0.1) is 12.3 Å². The summed E-state index contributed by atoms with van der Waals surface area (Å²) in [4.78, 5) is 12.2.